The van der Waals surface area contributed by atoms with Crippen molar-refractivity contribution in [1.82, 2.24) is 14.4 Å². The van der Waals surface area contributed by atoms with Crippen LogP contribution in [0.3, 0.4) is 0 Å². The highest BCUT2D eigenvalue weighted by Crippen LogP contribution is 2.49. The van der Waals surface area contributed by atoms with Crippen LogP contribution in [0.2, 0.25) is 0 Å². The molecule has 20 heavy (non-hydrogen) atoms. The molecule has 0 bridgehead atoms. The van der Waals surface area contributed by atoms with E-state index in [1.165, 1.54) is 0 Å². The first-order chi connectivity index (χ1) is 9.63. The number of anilines is 1. The quantitative estimate of drug-likeness (QED) is 0.907. The van der Waals surface area contributed by atoms with Gasteiger partial charge in [-0.3, -0.25) is 4.79 Å². The predicted octanol–water partition coefficient (Wildman–Crippen LogP) is 2.25. The third-order valence-electron chi connectivity index (χ3n) is 3.67. The van der Waals surface area contributed by atoms with Crippen molar-refractivity contribution < 1.29 is 9.53 Å². The van der Waals surface area contributed by atoms with Crippen LogP contribution in [-0.2, 0) is 9.53 Å². The summed E-state index contributed by atoms with van der Waals surface area (Å²) in [6.45, 7) is 0.607. The summed E-state index contributed by atoms with van der Waals surface area (Å²) in [6.07, 6.45) is 7.83. The normalized spacial score (nSPS) is 16.3. The van der Waals surface area contributed by atoms with Crippen molar-refractivity contribution in [3.63, 3.8) is 0 Å². The molecule has 0 aromatic carbocycles. The van der Waals surface area contributed by atoms with Gasteiger partial charge in [0.15, 0.2) is 11.5 Å². The van der Waals surface area contributed by atoms with Crippen LogP contribution in [0.5, 0.6) is 0 Å². The summed E-state index contributed by atoms with van der Waals surface area (Å²) >= 11 is 3.30. The van der Waals surface area contributed by atoms with E-state index in [2.05, 4.69) is 31.2 Å². The Labute approximate surface area is 124 Å². The second-order valence-corrected chi connectivity index (χ2v) is 5.89. The van der Waals surface area contributed by atoms with E-state index >= 15 is 0 Å². The number of ether oxygens (including phenoxy) is 1. The van der Waals surface area contributed by atoms with Crippen molar-refractivity contribution >= 4 is 33.3 Å². The second kappa shape index (κ2) is 5.14. The van der Waals surface area contributed by atoms with Gasteiger partial charge in [-0.15, -0.1) is 0 Å². The Hall–Kier alpha value is -1.47. The Kier molecular flexibility index (Phi) is 3.47. The lowest BCUT2D eigenvalue weighted by Crippen LogP contribution is -2.25. The largest absolute Gasteiger partial charge is 0.385 e. The molecule has 0 aliphatic heterocycles. The fraction of sp³-hybridized carbons (Fsp3) is 0.462. The minimum atomic E-state index is -0.259. The van der Waals surface area contributed by atoms with E-state index in [9.17, 15) is 4.79 Å². The molecule has 2 aromatic rings. The maximum absolute atomic E-state index is 12.3. The molecule has 0 unspecified atom stereocenters. The van der Waals surface area contributed by atoms with Gasteiger partial charge in [-0.25, -0.2) is 9.97 Å². The predicted molar refractivity (Wildman–Crippen MR) is 77.5 cm³/mol. The summed E-state index contributed by atoms with van der Waals surface area (Å²) in [7, 11) is 1.65. The molecule has 1 aliphatic carbocycles. The third-order valence-corrected chi connectivity index (χ3v) is 4.08. The van der Waals surface area contributed by atoms with E-state index in [0.717, 1.165) is 23.9 Å². The number of amides is 1. The van der Waals surface area contributed by atoms with Gasteiger partial charge in [0.25, 0.3) is 0 Å². The number of fused-ring (bicyclic) bond motifs is 1. The smallest absolute Gasteiger partial charge is 0.231 e. The SMILES string of the molecule is COCCC1(C(=O)Nc2cn3cc(Br)ncc3n2)CC1. The van der Waals surface area contributed by atoms with E-state index < -0.39 is 0 Å². The van der Waals surface area contributed by atoms with Gasteiger partial charge in [0.1, 0.15) is 4.60 Å². The molecule has 1 saturated carbocycles. The number of aromatic nitrogens is 3. The number of hydrogen-bond donors (Lipinski definition) is 1. The van der Waals surface area contributed by atoms with Crippen molar-refractivity contribution in [2.24, 2.45) is 5.41 Å². The highest BCUT2D eigenvalue weighted by atomic mass is 79.9. The zero-order valence-corrected chi connectivity index (χ0v) is 12.7. The number of imidazole rings is 1. The van der Waals surface area contributed by atoms with Gasteiger partial charge in [-0.1, -0.05) is 0 Å². The average Bonchev–Trinajstić information content (AvgIpc) is 3.11. The number of hydrogen-bond acceptors (Lipinski definition) is 4. The van der Waals surface area contributed by atoms with Crippen LogP contribution < -0.4 is 5.32 Å². The number of halogens is 1. The Bertz CT molecular complexity index is 651. The van der Waals surface area contributed by atoms with Crippen molar-refractivity contribution in [3.8, 4) is 0 Å². The Morgan fingerprint density at radius 3 is 3.05 bits per heavy atom. The maximum atomic E-state index is 12.3. The van der Waals surface area contributed by atoms with E-state index in [0.29, 0.717) is 18.1 Å². The Balaban J connectivity index is 1.74. The molecule has 1 aliphatic rings. The Morgan fingerprint density at radius 2 is 2.35 bits per heavy atom. The van der Waals surface area contributed by atoms with Crippen LogP contribution in [0.25, 0.3) is 5.65 Å². The van der Waals surface area contributed by atoms with E-state index in [4.69, 9.17) is 4.74 Å². The zero-order chi connectivity index (χ0) is 14.2. The summed E-state index contributed by atoms with van der Waals surface area (Å²) in [5, 5.41) is 2.89. The first-order valence-electron chi connectivity index (χ1n) is 6.44. The van der Waals surface area contributed by atoms with Crippen LogP contribution in [0.15, 0.2) is 23.2 Å². The molecule has 0 spiro atoms. The molecule has 2 heterocycles. The summed E-state index contributed by atoms with van der Waals surface area (Å²) in [5.41, 5.74) is 0.440. The number of rotatable bonds is 5. The van der Waals surface area contributed by atoms with Crippen LogP contribution in [0.4, 0.5) is 5.82 Å². The van der Waals surface area contributed by atoms with Crippen molar-refractivity contribution in [2.75, 3.05) is 19.0 Å². The van der Waals surface area contributed by atoms with Crippen LogP contribution in [-0.4, -0.2) is 34.0 Å². The molecule has 3 rings (SSSR count). The molecule has 106 valence electrons. The summed E-state index contributed by atoms with van der Waals surface area (Å²) in [5.74, 6) is 0.587. The average molecular weight is 339 g/mol. The van der Waals surface area contributed by atoms with Crippen LogP contribution >= 0.6 is 15.9 Å². The van der Waals surface area contributed by atoms with E-state index in [1.54, 1.807) is 25.7 Å². The number of methoxy groups -OCH3 is 1. The fourth-order valence-electron chi connectivity index (χ4n) is 2.22. The molecule has 0 saturated heterocycles. The molecule has 6 nitrogen and oxygen atoms in total. The second-order valence-electron chi connectivity index (χ2n) is 5.08. The number of carbonyl (C=O) groups is 1. The van der Waals surface area contributed by atoms with E-state index in [1.807, 2.05) is 4.40 Å². The topological polar surface area (TPSA) is 68.5 Å². The van der Waals surface area contributed by atoms with Gasteiger partial charge in [0.05, 0.1) is 17.8 Å². The van der Waals surface area contributed by atoms with E-state index in [-0.39, 0.29) is 11.3 Å². The first kappa shape index (κ1) is 13.5. The molecule has 2 aromatic heterocycles. The van der Waals surface area contributed by atoms with Crippen LogP contribution in [0.1, 0.15) is 19.3 Å². The van der Waals surface area contributed by atoms with Gasteiger partial charge < -0.3 is 14.5 Å². The van der Waals surface area contributed by atoms with Gasteiger partial charge in [0, 0.05) is 19.9 Å². The third kappa shape index (κ3) is 2.55. The molecule has 1 amide bonds. The Morgan fingerprint density at radius 1 is 1.55 bits per heavy atom. The highest BCUT2D eigenvalue weighted by Gasteiger charge is 2.49. The monoisotopic (exact) mass is 338 g/mol. The molecule has 0 radical (unpaired) electrons. The molecule has 1 fully saturated rings. The number of carbonyl (C=O) groups excluding carboxylic acids is 1. The lowest BCUT2D eigenvalue weighted by molar-refractivity contribution is -0.121. The molecule has 0 atom stereocenters. The lowest BCUT2D eigenvalue weighted by atomic mass is 10.0. The molecular weight excluding hydrogens is 324 g/mol. The molecule has 7 heteroatoms. The van der Waals surface area contributed by atoms with Gasteiger partial charge in [0.2, 0.25) is 5.91 Å². The minimum absolute atomic E-state index is 0.0324. The zero-order valence-electron chi connectivity index (χ0n) is 11.1. The number of nitrogens with zero attached hydrogens (tertiary/aromatic N) is 3. The fourth-order valence-corrected chi connectivity index (χ4v) is 2.55. The van der Waals surface area contributed by atoms with Gasteiger partial charge >= 0.3 is 0 Å². The van der Waals surface area contributed by atoms with Gasteiger partial charge in [-0.05, 0) is 35.2 Å². The van der Waals surface area contributed by atoms with Crippen molar-refractivity contribution in [1.29, 1.82) is 0 Å². The summed E-state index contributed by atoms with van der Waals surface area (Å²) in [4.78, 5) is 20.7. The minimum Gasteiger partial charge on any atom is -0.385 e. The molecular formula is C13H15BrN4O2. The van der Waals surface area contributed by atoms with Gasteiger partial charge in [-0.2, -0.15) is 0 Å². The highest BCUT2D eigenvalue weighted by molar-refractivity contribution is 9.10. The van der Waals surface area contributed by atoms with Crippen molar-refractivity contribution in [3.05, 3.63) is 23.2 Å². The van der Waals surface area contributed by atoms with Crippen molar-refractivity contribution in [2.45, 2.75) is 19.3 Å². The first-order valence-corrected chi connectivity index (χ1v) is 7.23. The summed E-state index contributed by atoms with van der Waals surface area (Å²) in [6, 6.07) is 0. The van der Waals surface area contributed by atoms with Crippen LogP contribution in [0, 0.1) is 5.41 Å². The standard InChI is InChI=1S/C13H15BrN4O2/c1-20-5-4-13(2-3-13)12(19)17-10-8-18-7-9(14)15-6-11(18)16-10/h6-8H,2-5H2,1H3,(H,17,19). The number of nitrogens with one attached hydrogen (secondary N) is 1. The summed E-state index contributed by atoms with van der Waals surface area (Å²) < 4.78 is 7.61. The maximum Gasteiger partial charge on any atom is 0.231 e. The lowest BCUT2D eigenvalue weighted by Gasteiger charge is -2.13. The molecule has 1 N–H and O–H groups in total.